The molecule has 0 saturated carbocycles. The lowest BCUT2D eigenvalue weighted by atomic mass is 9.93. The van der Waals surface area contributed by atoms with Crippen LogP contribution in [0.25, 0.3) is 0 Å². The van der Waals surface area contributed by atoms with Crippen LogP contribution in [0.3, 0.4) is 0 Å². The van der Waals surface area contributed by atoms with Crippen molar-refractivity contribution in [1.29, 1.82) is 0 Å². The fraction of sp³-hybridized carbons (Fsp3) is 0.500. The van der Waals surface area contributed by atoms with Crippen LogP contribution in [-0.4, -0.2) is 75.5 Å². The number of nitrogens with one attached hydrogen (secondary N) is 2. The number of esters is 1. The van der Waals surface area contributed by atoms with Gasteiger partial charge in [0, 0.05) is 62.7 Å². The van der Waals surface area contributed by atoms with Crippen molar-refractivity contribution < 1.29 is 19.1 Å². The number of anilines is 1. The number of halogens is 3. The molecule has 8 nitrogen and oxygen atoms in total. The molecule has 35 heavy (non-hydrogen) atoms. The summed E-state index contributed by atoms with van der Waals surface area (Å²) in [4.78, 5) is 29.4. The summed E-state index contributed by atoms with van der Waals surface area (Å²) in [6.07, 6.45) is 6.18. The largest absolute Gasteiger partial charge is 0.464 e. The Bertz CT molecular complexity index is 874. The third-order valence-electron chi connectivity index (χ3n) is 5.88. The summed E-state index contributed by atoms with van der Waals surface area (Å²) in [5.74, 6) is -0.465. The maximum absolute atomic E-state index is 12.3. The van der Waals surface area contributed by atoms with Crippen molar-refractivity contribution in [3.8, 4) is 0 Å². The third-order valence-corrected chi connectivity index (χ3v) is 6.13. The number of carbonyl (C=O) groups is 2. The van der Waals surface area contributed by atoms with E-state index in [0.717, 1.165) is 44.2 Å². The molecule has 1 saturated heterocycles. The van der Waals surface area contributed by atoms with Gasteiger partial charge in [0.1, 0.15) is 0 Å². The lowest BCUT2D eigenvalue weighted by Gasteiger charge is -2.36. The molecule has 3 rings (SSSR count). The van der Waals surface area contributed by atoms with Gasteiger partial charge in [0.25, 0.3) is 0 Å². The first-order valence-corrected chi connectivity index (χ1v) is 11.7. The smallest absolute Gasteiger partial charge is 0.342 e. The van der Waals surface area contributed by atoms with Crippen LogP contribution in [0.4, 0.5) is 10.5 Å². The molecule has 1 aliphatic heterocycles. The Morgan fingerprint density at radius 1 is 1.11 bits per heavy atom. The van der Waals surface area contributed by atoms with Gasteiger partial charge in [0.2, 0.25) is 0 Å². The maximum Gasteiger partial charge on any atom is 0.342 e. The van der Waals surface area contributed by atoms with Crippen LogP contribution in [0, 0.1) is 0 Å². The van der Waals surface area contributed by atoms with Crippen molar-refractivity contribution in [3.05, 3.63) is 53.2 Å². The summed E-state index contributed by atoms with van der Waals surface area (Å²) in [6, 6.07) is 7.67. The minimum atomic E-state index is -1.21. The Balaban J connectivity index is 0.00000306. The fourth-order valence-corrected chi connectivity index (χ4v) is 4.13. The summed E-state index contributed by atoms with van der Waals surface area (Å²) in [6.45, 7) is 7.42. The summed E-state index contributed by atoms with van der Waals surface area (Å²) < 4.78 is 10.5. The lowest BCUT2D eigenvalue weighted by molar-refractivity contribution is -0.163. The number of piperazine rings is 1. The summed E-state index contributed by atoms with van der Waals surface area (Å²) in [5, 5.41) is 6.45. The van der Waals surface area contributed by atoms with E-state index in [4.69, 9.17) is 21.1 Å². The van der Waals surface area contributed by atoms with Gasteiger partial charge < -0.3 is 25.0 Å². The lowest BCUT2D eigenvalue weighted by Crippen LogP contribution is -2.47. The molecule has 1 aliphatic carbocycles. The highest BCUT2D eigenvalue weighted by Gasteiger charge is 2.40. The molecule has 1 fully saturated rings. The second-order valence-electron chi connectivity index (χ2n) is 8.08. The Kier molecular flexibility index (Phi) is 13.5. The van der Waals surface area contributed by atoms with Crippen molar-refractivity contribution in [1.82, 2.24) is 15.5 Å². The topological polar surface area (TPSA) is 83.1 Å². The van der Waals surface area contributed by atoms with Gasteiger partial charge in [-0.25, -0.2) is 9.59 Å². The first-order valence-electron chi connectivity index (χ1n) is 11.3. The number of benzene rings is 1. The number of hydrogen-bond acceptors (Lipinski definition) is 6. The Morgan fingerprint density at radius 3 is 2.43 bits per heavy atom. The molecule has 11 heteroatoms. The zero-order valence-electron chi connectivity index (χ0n) is 20.1. The highest BCUT2D eigenvalue weighted by molar-refractivity contribution is 6.30. The van der Waals surface area contributed by atoms with Crippen LogP contribution >= 0.6 is 36.4 Å². The van der Waals surface area contributed by atoms with E-state index >= 15 is 0 Å². The van der Waals surface area contributed by atoms with Crippen molar-refractivity contribution in [3.63, 3.8) is 0 Å². The molecule has 1 aromatic carbocycles. The highest BCUT2D eigenvalue weighted by atomic mass is 35.5. The van der Waals surface area contributed by atoms with Crippen LogP contribution < -0.4 is 15.5 Å². The van der Waals surface area contributed by atoms with E-state index in [1.54, 1.807) is 25.2 Å². The van der Waals surface area contributed by atoms with E-state index in [9.17, 15) is 9.59 Å². The molecule has 0 spiro atoms. The van der Waals surface area contributed by atoms with Crippen molar-refractivity contribution in [2.45, 2.75) is 25.4 Å². The van der Waals surface area contributed by atoms with Crippen LogP contribution in [0.5, 0.6) is 0 Å². The number of rotatable bonds is 9. The number of allylic oxidation sites excluding steroid dienone is 2. The minimum Gasteiger partial charge on any atom is -0.464 e. The molecule has 2 N–H and O–H groups in total. The van der Waals surface area contributed by atoms with Gasteiger partial charge in [-0.1, -0.05) is 17.7 Å². The highest BCUT2D eigenvalue weighted by Crippen LogP contribution is 2.27. The standard InChI is InChI=1S/C24H33ClN4O4.2ClH/c1-3-33-22(30)24(32-2)11-4-6-20(18-24)27-23(31)26-12-5-13-28-14-16-29(17-15-28)21-9-7-19(25)8-10-21;;/h4,6-11H,3,5,12-18H2,1-2H3,(H2,26,27,31);2*1H. The molecule has 2 amide bonds. The predicted octanol–water partition coefficient (Wildman–Crippen LogP) is 3.79. The number of nitrogens with zero attached hydrogens (tertiary/aromatic N) is 2. The Hall–Kier alpha value is -1.97. The first-order chi connectivity index (χ1) is 16.0. The molecule has 1 unspecified atom stereocenters. The Morgan fingerprint density at radius 2 is 1.80 bits per heavy atom. The number of amides is 2. The SMILES string of the molecule is CCOC(=O)C1(OC)C=CC=C(NC(=O)NCCCN2CCN(c3ccc(Cl)cc3)CC2)C1.Cl.Cl. The monoisotopic (exact) mass is 548 g/mol. The third kappa shape index (κ3) is 8.88. The summed E-state index contributed by atoms with van der Waals surface area (Å²) in [5.41, 5.74) is 0.592. The van der Waals surface area contributed by atoms with Gasteiger partial charge in [-0.3, -0.25) is 4.90 Å². The average Bonchev–Trinajstić information content (AvgIpc) is 2.83. The molecule has 1 atom stereocenters. The molecule has 196 valence electrons. The summed E-state index contributed by atoms with van der Waals surface area (Å²) in [7, 11) is 1.46. The van der Waals surface area contributed by atoms with Crippen LogP contribution in [0.15, 0.2) is 48.2 Å². The zero-order chi connectivity index (χ0) is 23.7. The number of methoxy groups -OCH3 is 1. The summed E-state index contributed by atoms with van der Waals surface area (Å²) >= 11 is 5.97. The van der Waals surface area contributed by atoms with E-state index in [2.05, 4.69) is 32.6 Å². The van der Waals surface area contributed by atoms with E-state index < -0.39 is 11.6 Å². The Labute approximate surface area is 224 Å². The molecular weight excluding hydrogens is 515 g/mol. The van der Waals surface area contributed by atoms with Crippen LogP contribution in [-0.2, 0) is 14.3 Å². The molecule has 1 heterocycles. The quantitative estimate of drug-likeness (QED) is 0.360. The second kappa shape index (κ2) is 15.2. The second-order valence-corrected chi connectivity index (χ2v) is 8.52. The molecule has 0 radical (unpaired) electrons. The normalized spacial score (nSPS) is 19.6. The number of carbonyl (C=O) groups excluding carboxylic acids is 2. The van der Waals surface area contributed by atoms with Gasteiger partial charge in [0.15, 0.2) is 5.60 Å². The van der Waals surface area contributed by atoms with E-state index in [1.165, 1.54) is 12.8 Å². The van der Waals surface area contributed by atoms with Gasteiger partial charge in [0.05, 0.1) is 6.61 Å². The molecular formula is C24H35Cl3N4O4. The predicted molar refractivity (Wildman–Crippen MR) is 144 cm³/mol. The van der Waals surface area contributed by atoms with Gasteiger partial charge in [-0.05, 0) is 56.3 Å². The van der Waals surface area contributed by atoms with Crippen molar-refractivity contribution >= 4 is 54.1 Å². The minimum absolute atomic E-state index is 0. The van der Waals surface area contributed by atoms with Crippen molar-refractivity contribution in [2.24, 2.45) is 0 Å². The van der Waals surface area contributed by atoms with Crippen LogP contribution in [0.2, 0.25) is 5.02 Å². The fourth-order valence-electron chi connectivity index (χ4n) is 4.00. The number of hydrogen-bond donors (Lipinski definition) is 2. The van der Waals surface area contributed by atoms with Gasteiger partial charge >= 0.3 is 12.0 Å². The van der Waals surface area contributed by atoms with E-state index in [1.807, 2.05) is 12.1 Å². The molecule has 0 bridgehead atoms. The molecule has 2 aliphatic rings. The maximum atomic E-state index is 12.3. The number of ether oxygens (including phenoxy) is 2. The molecule has 1 aromatic rings. The molecule has 0 aromatic heterocycles. The van der Waals surface area contributed by atoms with Gasteiger partial charge in [-0.2, -0.15) is 0 Å². The van der Waals surface area contributed by atoms with Gasteiger partial charge in [-0.15, -0.1) is 24.8 Å². The first kappa shape index (κ1) is 31.1. The number of urea groups is 1. The van der Waals surface area contributed by atoms with Crippen molar-refractivity contribution in [2.75, 3.05) is 57.9 Å². The van der Waals surface area contributed by atoms with E-state index in [0.29, 0.717) is 12.2 Å². The average molecular weight is 550 g/mol. The van der Waals surface area contributed by atoms with E-state index in [-0.39, 0.29) is 43.9 Å². The zero-order valence-corrected chi connectivity index (χ0v) is 22.5. The van der Waals surface area contributed by atoms with Crippen LogP contribution in [0.1, 0.15) is 19.8 Å².